The summed E-state index contributed by atoms with van der Waals surface area (Å²) in [7, 11) is 0. The zero-order valence-corrected chi connectivity index (χ0v) is 46.1. The molecule has 1 spiro atoms. The predicted molar refractivity (Wildman–Crippen MR) is 275 cm³/mol. The van der Waals surface area contributed by atoms with Crippen molar-refractivity contribution in [1.82, 2.24) is 0 Å². The first-order valence-corrected chi connectivity index (χ1v) is 29.7. The van der Waals surface area contributed by atoms with Gasteiger partial charge < -0.3 is 9.47 Å². The lowest BCUT2D eigenvalue weighted by atomic mass is 9.64. The van der Waals surface area contributed by atoms with Crippen molar-refractivity contribution < 1.29 is 43.0 Å². The van der Waals surface area contributed by atoms with Crippen LogP contribution < -0.4 is 0 Å². The highest BCUT2D eigenvalue weighted by Crippen LogP contribution is 2.65. The van der Waals surface area contributed by atoms with Gasteiger partial charge in [-0.2, -0.15) is 0 Å². The van der Waals surface area contributed by atoms with Gasteiger partial charge in [0.1, 0.15) is 28.9 Å². The van der Waals surface area contributed by atoms with E-state index in [0.29, 0.717) is 71.9 Å². The average Bonchev–Trinajstić information content (AvgIpc) is 4.16. The molecule has 14 aliphatic rings. The molecule has 9 heteroatoms. The standard InChI is InChI=1S/C14H20O3.C14H20O2.C13H18O2.C12H16O2.C10H18/c1-7-8(2)12-5-9(7)3-10(12)4-11-6-13(15)17-14(11)16;1-7-4-13(14(15)16-7)12-6-10-5-11(12)9(3)8(10)2;1-7-8(2)11-3-9(7)5-13(11)6-10(14)4-12(13)15;1-5-6(2)8-3-7(5)11-9(13)4-10(14)12(8)11;1-6-4-9-5-10(6)8(3)7(9)2/h7-12H,3-6H2,1-2H3;8-13H,1,4-6H2,2-3H3;7-9,11H,3-6H2,1-2H3;5-8,11-12H,3-4H2,1-2H3;6-10H,4-5H2,1-3H3. The normalized spacial score (nSPS) is 53.1. The number of hydrogen-bond acceptors (Lipinski definition) is 9. The Morgan fingerprint density at radius 2 is 1.01 bits per heavy atom. The molecule has 0 amide bonds. The molecule has 2 saturated heterocycles. The van der Waals surface area contributed by atoms with E-state index in [1.807, 2.05) is 0 Å². The van der Waals surface area contributed by atoms with Crippen LogP contribution in [0.3, 0.4) is 0 Å². The number of hydrogen-bond donors (Lipinski definition) is 0. The molecule has 12 saturated carbocycles. The van der Waals surface area contributed by atoms with Crippen LogP contribution in [0.1, 0.15) is 172 Å². The number of ketones is 4. The zero-order valence-electron chi connectivity index (χ0n) is 46.1. The number of fused-ring (bicyclic) bond motifs is 14. The quantitative estimate of drug-likeness (QED) is 0.200. The number of carbonyl (C=O) groups excluding carboxylic acids is 7. The van der Waals surface area contributed by atoms with Crippen molar-refractivity contribution >= 4 is 41.0 Å². The predicted octanol–water partition coefficient (Wildman–Crippen LogP) is 12.2. The summed E-state index contributed by atoms with van der Waals surface area (Å²) in [4.78, 5) is 81.2. The summed E-state index contributed by atoms with van der Waals surface area (Å²) in [5, 5.41) is 0. The van der Waals surface area contributed by atoms with E-state index in [0.717, 1.165) is 109 Å². The minimum absolute atomic E-state index is 0.0117. The molecule has 2 heterocycles. The van der Waals surface area contributed by atoms with Crippen LogP contribution in [0.4, 0.5) is 0 Å². The Balaban J connectivity index is 0.000000104. The first-order chi connectivity index (χ1) is 34.0. The fourth-order valence-electron chi connectivity index (χ4n) is 21.0. The molecule has 0 radical (unpaired) electrons. The van der Waals surface area contributed by atoms with Gasteiger partial charge in [0.25, 0.3) is 0 Å². The van der Waals surface area contributed by atoms with Crippen molar-refractivity contribution in [3.8, 4) is 0 Å². The van der Waals surface area contributed by atoms with Crippen LogP contribution >= 0.6 is 0 Å². The summed E-state index contributed by atoms with van der Waals surface area (Å²) in [6, 6.07) is 0. The van der Waals surface area contributed by atoms with Gasteiger partial charge in [-0.15, -0.1) is 0 Å². The fourth-order valence-corrected chi connectivity index (χ4v) is 21.0. The van der Waals surface area contributed by atoms with E-state index in [1.165, 1.54) is 38.5 Å². The number of Topliss-reactive ketones (excluding diaryl/α,β-unsaturated/α-hetero) is 4. The molecule has 10 bridgehead atoms. The van der Waals surface area contributed by atoms with Crippen molar-refractivity contribution in [3.63, 3.8) is 0 Å². The molecule has 72 heavy (non-hydrogen) atoms. The van der Waals surface area contributed by atoms with Gasteiger partial charge in [-0.3, -0.25) is 33.6 Å². The van der Waals surface area contributed by atoms with Crippen molar-refractivity contribution in [2.24, 2.45) is 165 Å². The molecule has 28 atom stereocenters. The van der Waals surface area contributed by atoms with Gasteiger partial charge in [0.2, 0.25) is 0 Å². The molecule has 0 aromatic heterocycles. The molecule has 0 N–H and O–H groups in total. The summed E-state index contributed by atoms with van der Waals surface area (Å²) in [6.45, 7) is 29.6. The second kappa shape index (κ2) is 19.6. The molecule has 0 aromatic carbocycles. The van der Waals surface area contributed by atoms with Crippen molar-refractivity contribution in [3.05, 3.63) is 12.3 Å². The summed E-state index contributed by atoms with van der Waals surface area (Å²) < 4.78 is 9.76. The van der Waals surface area contributed by atoms with E-state index in [9.17, 15) is 33.6 Å². The summed E-state index contributed by atoms with van der Waals surface area (Å²) in [5.41, 5.74) is -0.201. The van der Waals surface area contributed by atoms with E-state index in [2.05, 4.69) is 87.5 Å². The van der Waals surface area contributed by atoms with Gasteiger partial charge in [-0.1, -0.05) is 82.7 Å². The zero-order chi connectivity index (χ0) is 51.7. The van der Waals surface area contributed by atoms with Gasteiger partial charge in [-0.25, -0.2) is 0 Å². The average molecular weight is 993 g/mol. The Kier molecular flexibility index (Phi) is 14.2. The Morgan fingerprint density at radius 1 is 0.486 bits per heavy atom. The second-order valence-electron chi connectivity index (χ2n) is 28.4. The monoisotopic (exact) mass is 993 g/mol. The minimum Gasteiger partial charge on any atom is -0.431 e. The number of allylic oxidation sites excluding steroid dienone is 1. The number of esters is 3. The molecular formula is C63H92O9. The lowest BCUT2D eigenvalue weighted by molar-refractivity contribution is -0.153. The van der Waals surface area contributed by atoms with Crippen molar-refractivity contribution in [2.75, 3.05) is 0 Å². The lowest BCUT2D eigenvalue weighted by Crippen LogP contribution is -2.38. The van der Waals surface area contributed by atoms with Crippen LogP contribution in [0, 0.1) is 165 Å². The lowest BCUT2D eigenvalue weighted by Gasteiger charge is -2.38. The van der Waals surface area contributed by atoms with E-state index in [-0.39, 0.29) is 83.0 Å². The smallest absolute Gasteiger partial charge is 0.317 e. The summed E-state index contributed by atoms with van der Waals surface area (Å²) >= 11 is 0. The number of carbonyl (C=O) groups is 7. The van der Waals surface area contributed by atoms with Gasteiger partial charge in [0.15, 0.2) is 0 Å². The highest BCUT2D eigenvalue weighted by Gasteiger charge is 2.64. The third kappa shape index (κ3) is 8.72. The molecular weight excluding hydrogens is 901 g/mol. The first kappa shape index (κ1) is 52.5. The fraction of sp³-hybridized carbons (Fsp3) is 0.857. The van der Waals surface area contributed by atoms with Crippen LogP contribution in [0.2, 0.25) is 0 Å². The maximum absolute atomic E-state index is 12.0. The molecule has 2 aliphatic heterocycles. The van der Waals surface area contributed by atoms with E-state index >= 15 is 0 Å². The van der Waals surface area contributed by atoms with Gasteiger partial charge >= 0.3 is 17.9 Å². The molecule has 28 unspecified atom stereocenters. The van der Waals surface area contributed by atoms with E-state index < -0.39 is 0 Å². The van der Waals surface area contributed by atoms with Crippen LogP contribution in [-0.2, 0) is 43.0 Å². The van der Waals surface area contributed by atoms with Gasteiger partial charge in [0, 0.05) is 30.1 Å². The van der Waals surface area contributed by atoms with Gasteiger partial charge in [0.05, 0.1) is 31.1 Å². The molecule has 398 valence electrons. The Morgan fingerprint density at radius 3 is 1.46 bits per heavy atom. The van der Waals surface area contributed by atoms with Crippen molar-refractivity contribution in [2.45, 2.75) is 172 Å². The van der Waals surface area contributed by atoms with Crippen LogP contribution in [0.25, 0.3) is 0 Å². The Labute approximate surface area is 432 Å². The largest absolute Gasteiger partial charge is 0.431 e. The van der Waals surface area contributed by atoms with Crippen LogP contribution in [0.5, 0.6) is 0 Å². The molecule has 14 rings (SSSR count). The Hall–Kier alpha value is -2.97. The molecule has 12 aliphatic carbocycles. The highest BCUT2D eigenvalue weighted by molar-refractivity contribution is 6.10. The third-order valence-electron chi connectivity index (χ3n) is 25.9. The summed E-state index contributed by atoms with van der Waals surface area (Å²) in [6.07, 6.45) is 14.6. The molecule has 14 fully saturated rings. The maximum atomic E-state index is 12.0. The first-order valence-electron chi connectivity index (χ1n) is 29.7. The summed E-state index contributed by atoms with van der Waals surface area (Å²) in [5.74, 6) is 19.2. The SMILES string of the molecule is C=C1CC(C2CC3CC2C(C)C3C)C(=O)O1.CC1C(C)C2CC1C1C(=O)CC(=O)C21.CC1C2CC(C1C)C1(CC(=O)CC1=O)C2.CC1C2CC(CC3CC(=O)OC3=O)C(C2)C1C.CC1CC2CC1C(C)C2C. The maximum Gasteiger partial charge on any atom is 0.317 e. The highest BCUT2D eigenvalue weighted by atomic mass is 16.6. The van der Waals surface area contributed by atoms with E-state index in [4.69, 9.17) is 4.74 Å². The number of cyclic esters (lactones) is 3. The molecule has 9 nitrogen and oxygen atoms in total. The van der Waals surface area contributed by atoms with Crippen LogP contribution in [0.15, 0.2) is 12.3 Å². The van der Waals surface area contributed by atoms with Crippen LogP contribution in [-0.4, -0.2) is 41.0 Å². The third-order valence-corrected chi connectivity index (χ3v) is 25.9. The van der Waals surface area contributed by atoms with E-state index in [1.54, 1.807) is 6.42 Å². The Bertz CT molecular complexity index is 2170. The molecule has 0 aromatic rings. The second-order valence-corrected chi connectivity index (χ2v) is 28.4. The van der Waals surface area contributed by atoms with Crippen molar-refractivity contribution in [1.29, 1.82) is 0 Å². The number of ether oxygens (including phenoxy) is 2. The number of rotatable bonds is 3. The van der Waals surface area contributed by atoms with Gasteiger partial charge in [-0.05, 0) is 200 Å². The minimum atomic E-state index is -0.329. The topological polar surface area (TPSA) is 138 Å².